The minimum absolute atomic E-state index is 0.0512. The fraction of sp³-hybridized carbons (Fsp3) is 0.600. The predicted molar refractivity (Wildman–Crippen MR) is 79.6 cm³/mol. The fourth-order valence-corrected chi connectivity index (χ4v) is 2.48. The predicted octanol–water partition coefficient (Wildman–Crippen LogP) is 0.887. The monoisotopic (exact) mass is 276 g/mol. The summed E-state index contributed by atoms with van der Waals surface area (Å²) in [6.07, 6.45) is 2.22. The fourth-order valence-electron chi connectivity index (χ4n) is 2.48. The molecule has 20 heavy (non-hydrogen) atoms. The number of piperazine rings is 1. The molecule has 0 spiro atoms. The first-order valence-corrected chi connectivity index (χ1v) is 7.36. The molecule has 0 unspecified atom stereocenters. The molecule has 1 saturated heterocycles. The molecule has 0 atom stereocenters. The van der Waals surface area contributed by atoms with Crippen molar-refractivity contribution in [3.8, 4) is 0 Å². The van der Waals surface area contributed by atoms with Crippen molar-refractivity contribution < 1.29 is 4.79 Å². The Hall–Kier alpha value is -1.46. The van der Waals surface area contributed by atoms with Crippen LogP contribution in [-0.2, 0) is 0 Å². The number of amides is 1. The summed E-state index contributed by atoms with van der Waals surface area (Å²) in [5, 5.41) is 0. The number of aryl methyl sites for hydroxylation is 1. The molecule has 0 radical (unpaired) electrons. The van der Waals surface area contributed by atoms with Crippen molar-refractivity contribution in [1.82, 2.24) is 14.8 Å². The van der Waals surface area contributed by atoms with Gasteiger partial charge in [0.2, 0.25) is 0 Å². The average Bonchev–Trinajstić information content (AvgIpc) is 2.47. The summed E-state index contributed by atoms with van der Waals surface area (Å²) in [5.41, 5.74) is 6.95. The third-order valence-electron chi connectivity index (χ3n) is 3.70. The van der Waals surface area contributed by atoms with Gasteiger partial charge in [-0.2, -0.15) is 0 Å². The van der Waals surface area contributed by atoms with Crippen molar-refractivity contribution in [3.05, 3.63) is 29.6 Å². The number of nitrogens with two attached hydrogens (primary N) is 1. The molecule has 5 nitrogen and oxygen atoms in total. The Morgan fingerprint density at radius 1 is 1.25 bits per heavy atom. The van der Waals surface area contributed by atoms with E-state index in [1.807, 2.05) is 24.0 Å². The first-order chi connectivity index (χ1) is 9.70. The van der Waals surface area contributed by atoms with Gasteiger partial charge in [0, 0.05) is 31.9 Å². The SMILES string of the molecule is Cc1cccc(C(=O)N2CCN(CCCCN)CC2)n1. The number of nitrogens with zero attached hydrogens (tertiary/aromatic N) is 3. The second-order valence-electron chi connectivity index (χ2n) is 5.29. The molecule has 2 rings (SSSR count). The van der Waals surface area contributed by atoms with Gasteiger partial charge >= 0.3 is 0 Å². The Morgan fingerprint density at radius 2 is 2.00 bits per heavy atom. The molecule has 0 aliphatic carbocycles. The zero-order chi connectivity index (χ0) is 14.4. The largest absolute Gasteiger partial charge is 0.335 e. The lowest BCUT2D eigenvalue weighted by Crippen LogP contribution is -2.49. The van der Waals surface area contributed by atoms with E-state index < -0.39 is 0 Å². The van der Waals surface area contributed by atoms with E-state index in [1.165, 1.54) is 0 Å². The molecule has 0 aromatic carbocycles. The summed E-state index contributed by atoms with van der Waals surface area (Å²) >= 11 is 0. The Labute approximate surface area is 120 Å². The number of pyridine rings is 1. The van der Waals surface area contributed by atoms with Gasteiger partial charge in [-0.05, 0) is 45.0 Å². The van der Waals surface area contributed by atoms with Crippen LogP contribution >= 0.6 is 0 Å². The summed E-state index contributed by atoms with van der Waals surface area (Å²) < 4.78 is 0. The lowest BCUT2D eigenvalue weighted by molar-refractivity contribution is 0.0629. The van der Waals surface area contributed by atoms with E-state index in [0.717, 1.165) is 57.8 Å². The maximum atomic E-state index is 12.3. The molecular weight excluding hydrogens is 252 g/mol. The quantitative estimate of drug-likeness (QED) is 0.811. The molecule has 1 aromatic rings. The van der Waals surface area contributed by atoms with E-state index in [0.29, 0.717) is 5.69 Å². The van der Waals surface area contributed by atoms with Crippen LogP contribution in [0.15, 0.2) is 18.2 Å². The average molecular weight is 276 g/mol. The number of hydrogen-bond acceptors (Lipinski definition) is 4. The summed E-state index contributed by atoms with van der Waals surface area (Å²) in [7, 11) is 0. The summed E-state index contributed by atoms with van der Waals surface area (Å²) in [6.45, 7) is 7.23. The number of hydrogen-bond donors (Lipinski definition) is 1. The van der Waals surface area contributed by atoms with Gasteiger partial charge in [0.15, 0.2) is 0 Å². The molecule has 1 aliphatic heterocycles. The van der Waals surface area contributed by atoms with Crippen LogP contribution in [0.25, 0.3) is 0 Å². The van der Waals surface area contributed by atoms with Gasteiger partial charge < -0.3 is 10.6 Å². The lowest BCUT2D eigenvalue weighted by Gasteiger charge is -2.34. The Balaban J connectivity index is 1.83. The van der Waals surface area contributed by atoms with Crippen LogP contribution in [0.4, 0.5) is 0 Å². The summed E-state index contributed by atoms with van der Waals surface area (Å²) in [6, 6.07) is 5.59. The minimum Gasteiger partial charge on any atom is -0.335 e. The van der Waals surface area contributed by atoms with E-state index in [1.54, 1.807) is 6.07 Å². The normalized spacial score (nSPS) is 16.4. The van der Waals surface area contributed by atoms with Crippen molar-refractivity contribution in [3.63, 3.8) is 0 Å². The van der Waals surface area contributed by atoms with Gasteiger partial charge in [-0.15, -0.1) is 0 Å². The van der Waals surface area contributed by atoms with E-state index in [-0.39, 0.29) is 5.91 Å². The van der Waals surface area contributed by atoms with Crippen LogP contribution in [0.1, 0.15) is 29.0 Å². The first kappa shape index (κ1) is 14.9. The van der Waals surface area contributed by atoms with Crippen molar-refractivity contribution in [2.45, 2.75) is 19.8 Å². The zero-order valence-electron chi connectivity index (χ0n) is 12.2. The lowest BCUT2D eigenvalue weighted by atomic mass is 10.2. The van der Waals surface area contributed by atoms with Crippen molar-refractivity contribution >= 4 is 5.91 Å². The van der Waals surface area contributed by atoms with Crippen molar-refractivity contribution in [2.75, 3.05) is 39.3 Å². The number of aromatic nitrogens is 1. The topological polar surface area (TPSA) is 62.5 Å². The second-order valence-corrected chi connectivity index (χ2v) is 5.29. The number of rotatable bonds is 5. The highest BCUT2D eigenvalue weighted by molar-refractivity contribution is 5.92. The highest BCUT2D eigenvalue weighted by atomic mass is 16.2. The molecule has 110 valence electrons. The van der Waals surface area contributed by atoms with E-state index in [4.69, 9.17) is 5.73 Å². The molecule has 1 amide bonds. The van der Waals surface area contributed by atoms with Gasteiger partial charge in [-0.3, -0.25) is 9.69 Å². The van der Waals surface area contributed by atoms with Crippen molar-refractivity contribution in [1.29, 1.82) is 0 Å². The van der Waals surface area contributed by atoms with E-state index in [9.17, 15) is 4.79 Å². The summed E-state index contributed by atoms with van der Waals surface area (Å²) in [5.74, 6) is 0.0512. The maximum Gasteiger partial charge on any atom is 0.272 e. The van der Waals surface area contributed by atoms with Gasteiger partial charge in [0.05, 0.1) is 0 Å². The van der Waals surface area contributed by atoms with Gasteiger partial charge in [-0.25, -0.2) is 4.98 Å². The molecule has 2 heterocycles. The van der Waals surface area contributed by atoms with Gasteiger partial charge in [0.25, 0.3) is 5.91 Å². The van der Waals surface area contributed by atoms with Gasteiger partial charge in [0.1, 0.15) is 5.69 Å². The zero-order valence-corrected chi connectivity index (χ0v) is 12.2. The van der Waals surface area contributed by atoms with Crippen LogP contribution in [0.2, 0.25) is 0 Å². The molecule has 0 bridgehead atoms. The van der Waals surface area contributed by atoms with E-state index >= 15 is 0 Å². The molecule has 1 fully saturated rings. The number of carbonyl (C=O) groups excluding carboxylic acids is 1. The van der Waals surface area contributed by atoms with Crippen LogP contribution in [0.3, 0.4) is 0 Å². The molecule has 1 aliphatic rings. The van der Waals surface area contributed by atoms with Crippen LogP contribution in [0, 0.1) is 6.92 Å². The number of unbranched alkanes of at least 4 members (excludes halogenated alkanes) is 1. The van der Waals surface area contributed by atoms with Crippen LogP contribution in [0.5, 0.6) is 0 Å². The molecular formula is C15H24N4O. The first-order valence-electron chi connectivity index (χ1n) is 7.36. The molecule has 5 heteroatoms. The summed E-state index contributed by atoms with van der Waals surface area (Å²) in [4.78, 5) is 21.0. The second kappa shape index (κ2) is 7.36. The smallest absolute Gasteiger partial charge is 0.272 e. The van der Waals surface area contributed by atoms with Crippen molar-refractivity contribution in [2.24, 2.45) is 5.73 Å². The molecule has 1 aromatic heterocycles. The Kier molecular flexibility index (Phi) is 5.49. The minimum atomic E-state index is 0.0512. The Morgan fingerprint density at radius 3 is 2.65 bits per heavy atom. The van der Waals surface area contributed by atoms with Crippen LogP contribution < -0.4 is 5.73 Å². The third-order valence-corrected chi connectivity index (χ3v) is 3.70. The van der Waals surface area contributed by atoms with Crippen LogP contribution in [-0.4, -0.2) is 60.0 Å². The highest BCUT2D eigenvalue weighted by Gasteiger charge is 2.22. The molecule has 0 saturated carbocycles. The molecule has 2 N–H and O–H groups in total. The van der Waals surface area contributed by atoms with Gasteiger partial charge in [-0.1, -0.05) is 6.07 Å². The highest BCUT2D eigenvalue weighted by Crippen LogP contribution is 2.08. The standard InChI is InChI=1S/C15H24N4O/c1-13-5-4-6-14(17-13)15(20)19-11-9-18(10-12-19)8-3-2-7-16/h4-6H,2-3,7-12,16H2,1H3. The third kappa shape index (κ3) is 4.02. The maximum absolute atomic E-state index is 12.3. The Bertz CT molecular complexity index is 441. The number of carbonyl (C=O) groups is 1. The van der Waals surface area contributed by atoms with E-state index in [2.05, 4.69) is 9.88 Å².